The van der Waals surface area contributed by atoms with E-state index < -0.39 is 0 Å². The first-order valence-electron chi connectivity index (χ1n) is 7.67. The summed E-state index contributed by atoms with van der Waals surface area (Å²) >= 11 is 13.7. The van der Waals surface area contributed by atoms with E-state index >= 15 is 0 Å². The standard InChI is InChI=1S/C18H22Cl2N2O2S/c1-21(2,3)13-7-11(19)9-15(17(13)23)25-16-10-12(20)8-14(18(16)24)22(4,5)6/h7-10H,1-6H3/p+2. The molecule has 25 heavy (non-hydrogen) atoms. The number of halogens is 2. The second-order valence-corrected chi connectivity index (χ2v) is 9.63. The fourth-order valence-corrected chi connectivity index (χ4v) is 3.98. The predicted octanol–water partition coefficient (Wildman–Crippen LogP) is 4.95. The quantitative estimate of drug-likeness (QED) is 0.710. The first-order chi connectivity index (χ1) is 11.3. The van der Waals surface area contributed by atoms with Crippen molar-refractivity contribution in [3.63, 3.8) is 0 Å². The molecule has 0 aliphatic heterocycles. The Kier molecular flexibility index (Phi) is 5.57. The topological polar surface area (TPSA) is 40.5 Å². The summed E-state index contributed by atoms with van der Waals surface area (Å²) in [4.78, 5) is 1.14. The summed E-state index contributed by atoms with van der Waals surface area (Å²) in [6.07, 6.45) is 0. The number of hydrogen-bond donors (Lipinski definition) is 2. The molecular formula is C18H24Cl2N2O2S+2. The first-order valence-corrected chi connectivity index (χ1v) is 9.25. The summed E-state index contributed by atoms with van der Waals surface area (Å²) in [5, 5.41) is 22.4. The fraction of sp³-hybridized carbons (Fsp3) is 0.333. The van der Waals surface area contributed by atoms with Crippen molar-refractivity contribution in [1.29, 1.82) is 0 Å². The van der Waals surface area contributed by atoms with E-state index in [0.717, 1.165) is 0 Å². The molecule has 0 fully saturated rings. The molecule has 0 atom stereocenters. The van der Waals surface area contributed by atoms with Gasteiger partial charge in [0.25, 0.3) is 0 Å². The van der Waals surface area contributed by atoms with E-state index in [2.05, 4.69) is 0 Å². The Labute approximate surface area is 163 Å². The normalized spacial score (nSPS) is 12.5. The van der Waals surface area contributed by atoms with Crippen molar-refractivity contribution in [1.82, 2.24) is 8.97 Å². The van der Waals surface area contributed by atoms with Gasteiger partial charge in [0.15, 0.2) is 22.9 Å². The lowest BCUT2D eigenvalue weighted by Gasteiger charge is -2.26. The van der Waals surface area contributed by atoms with Crippen molar-refractivity contribution in [2.45, 2.75) is 9.79 Å². The molecule has 0 unspecified atom stereocenters. The Balaban J connectivity index is 2.58. The van der Waals surface area contributed by atoms with Gasteiger partial charge in [-0.1, -0.05) is 35.0 Å². The Morgan fingerprint density at radius 3 is 1.28 bits per heavy atom. The van der Waals surface area contributed by atoms with Crippen molar-refractivity contribution in [3.05, 3.63) is 34.3 Å². The zero-order valence-electron chi connectivity index (χ0n) is 15.3. The smallest absolute Gasteiger partial charge is 0.191 e. The van der Waals surface area contributed by atoms with Gasteiger partial charge in [-0.3, -0.25) is 8.97 Å². The van der Waals surface area contributed by atoms with Crippen molar-refractivity contribution in [3.8, 4) is 11.5 Å². The summed E-state index contributed by atoms with van der Waals surface area (Å²) < 4.78 is 0.844. The maximum Gasteiger partial charge on any atom is 0.191 e. The van der Waals surface area contributed by atoms with Gasteiger partial charge in [-0.25, -0.2) is 0 Å². The SMILES string of the molecule is C[N+](C)(C)c1cc(Cl)cc(Sc2cc(Cl)cc([N+](C)(C)C)c2O)c1O. The van der Waals surface area contributed by atoms with Crippen LogP contribution in [0.25, 0.3) is 0 Å². The van der Waals surface area contributed by atoms with Crippen LogP contribution in [0.15, 0.2) is 34.1 Å². The Hall–Kier alpha value is -1.11. The molecule has 0 aliphatic rings. The molecule has 0 radical (unpaired) electrons. The number of rotatable bonds is 4. The van der Waals surface area contributed by atoms with E-state index in [1.807, 2.05) is 42.3 Å². The molecule has 136 valence electrons. The van der Waals surface area contributed by atoms with Crippen molar-refractivity contribution >= 4 is 46.3 Å². The van der Waals surface area contributed by atoms with Crippen molar-refractivity contribution in [2.24, 2.45) is 0 Å². The second kappa shape index (κ2) is 6.89. The van der Waals surface area contributed by atoms with Crippen molar-refractivity contribution < 1.29 is 10.2 Å². The molecule has 2 aromatic rings. The predicted molar refractivity (Wildman–Crippen MR) is 109 cm³/mol. The van der Waals surface area contributed by atoms with E-state index in [-0.39, 0.29) is 11.5 Å². The lowest BCUT2D eigenvalue weighted by atomic mass is 10.2. The third kappa shape index (κ3) is 4.54. The van der Waals surface area contributed by atoms with Crippen LogP contribution >= 0.6 is 35.0 Å². The van der Waals surface area contributed by atoms with E-state index in [4.69, 9.17) is 23.2 Å². The Morgan fingerprint density at radius 2 is 1.00 bits per heavy atom. The average molecular weight is 403 g/mol. The number of phenolic OH excluding ortho intramolecular Hbond substituents is 2. The first kappa shape index (κ1) is 20.2. The molecule has 7 heteroatoms. The highest BCUT2D eigenvalue weighted by Gasteiger charge is 2.25. The van der Waals surface area contributed by atoms with Crippen LogP contribution in [-0.2, 0) is 0 Å². The molecule has 0 spiro atoms. The van der Waals surface area contributed by atoms with Gasteiger partial charge in [0.1, 0.15) is 0 Å². The molecule has 0 saturated heterocycles. The van der Waals surface area contributed by atoms with Gasteiger partial charge in [0.2, 0.25) is 0 Å². The van der Waals surface area contributed by atoms with Crippen LogP contribution in [0.1, 0.15) is 0 Å². The minimum Gasteiger partial charge on any atom is -0.502 e. The van der Waals surface area contributed by atoms with Gasteiger partial charge >= 0.3 is 0 Å². The molecule has 2 rings (SSSR count). The number of benzene rings is 2. The van der Waals surface area contributed by atoms with Crippen LogP contribution in [0, 0.1) is 0 Å². The van der Waals surface area contributed by atoms with Crippen LogP contribution < -0.4 is 8.97 Å². The molecule has 2 N–H and O–H groups in total. The molecule has 0 heterocycles. The van der Waals surface area contributed by atoms with Crippen LogP contribution in [0.2, 0.25) is 10.0 Å². The number of nitrogens with zero attached hydrogens (tertiary/aromatic N) is 2. The van der Waals surface area contributed by atoms with Gasteiger partial charge < -0.3 is 10.2 Å². The molecule has 4 nitrogen and oxygen atoms in total. The highest BCUT2D eigenvalue weighted by atomic mass is 35.5. The number of phenols is 2. The molecule has 0 saturated carbocycles. The van der Waals surface area contributed by atoms with Gasteiger partial charge in [0.05, 0.1) is 52.1 Å². The summed E-state index contributed by atoms with van der Waals surface area (Å²) in [6, 6.07) is 6.87. The minimum absolute atomic E-state index is 0.146. The highest BCUT2D eigenvalue weighted by Crippen LogP contribution is 2.48. The summed E-state index contributed by atoms with van der Waals surface area (Å²) in [5.74, 6) is 0.293. The molecule has 0 bridgehead atoms. The second-order valence-electron chi connectivity index (χ2n) is 7.67. The van der Waals surface area contributed by atoms with Crippen molar-refractivity contribution in [2.75, 3.05) is 42.3 Å². The maximum absolute atomic E-state index is 10.7. The van der Waals surface area contributed by atoms with Crippen LogP contribution in [0.5, 0.6) is 11.5 Å². The van der Waals surface area contributed by atoms with E-state index in [1.54, 1.807) is 24.3 Å². The maximum atomic E-state index is 10.7. The van der Waals surface area contributed by atoms with E-state index in [1.165, 1.54) is 11.8 Å². The van der Waals surface area contributed by atoms with E-state index in [0.29, 0.717) is 40.2 Å². The minimum atomic E-state index is 0.146. The third-order valence-corrected chi connectivity index (χ3v) is 5.20. The monoisotopic (exact) mass is 402 g/mol. The summed E-state index contributed by atoms with van der Waals surface area (Å²) in [6.45, 7) is 0. The average Bonchev–Trinajstić information content (AvgIpc) is 2.43. The van der Waals surface area contributed by atoms with Crippen LogP contribution in [-0.4, -0.2) is 52.5 Å². The zero-order valence-corrected chi connectivity index (χ0v) is 17.6. The summed E-state index contributed by atoms with van der Waals surface area (Å²) in [7, 11) is 11.7. The third-order valence-electron chi connectivity index (χ3n) is 3.70. The largest absolute Gasteiger partial charge is 0.502 e. The van der Waals surface area contributed by atoms with Gasteiger partial charge in [-0.15, -0.1) is 0 Å². The van der Waals surface area contributed by atoms with Crippen LogP contribution in [0.4, 0.5) is 11.4 Å². The Morgan fingerprint density at radius 1 is 0.680 bits per heavy atom. The fourth-order valence-electron chi connectivity index (χ4n) is 2.42. The number of aromatic hydroxyl groups is 2. The zero-order chi connectivity index (χ0) is 19.2. The molecule has 0 aliphatic carbocycles. The van der Waals surface area contributed by atoms with Gasteiger partial charge in [0, 0.05) is 22.2 Å². The molecule has 0 amide bonds. The molecule has 0 aromatic heterocycles. The number of hydrogen-bond acceptors (Lipinski definition) is 3. The highest BCUT2D eigenvalue weighted by molar-refractivity contribution is 7.99. The molecule has 2 aromatic carbocycles. The number of quaternary nitrogens is 2. The van der Waals surface area contributed by atoms with Gasteiger partial charge in [-0.05, 0) is 12.1 Å². The Bertz CT molecular complexity index is 745. The summed E-state index contributed by atoms with van der Waals surface area (Å²) in [5.41, 5.74) is 1.40. The molecular weight excluding hydrogens is 379 g/mol. The van der Waals surface area contributed by atoms with Crippen LogP contribution in [0.3, 0.4) is 0 Å². The van der Waals surface area contributed by atoms with E-state index in [9.17, 15) is 10.2 Å². The lowest BCUT2D eigenvalue weighted by Crippen LogP contribution is -2.35. The van der Waals surface area contributed by atoms with Gasteiger partial charge in [-0.2, -0.15) is 0 Å². The lowest BCUT2D eigenvalue weighted by molar-refractivity contribution is 0.416.